The van der Waals surface area contributed by atoms with E-state index < -0.39 is 11.7 Å². The Morgan fingerprint density at radius 2 is 2.21 bits per heavy atom. The molecule has 1 N–H and O–H groups in total. The Morgan fingerprint density at radius 1 is 1.47 bits per heavy atom. The topological polar surface area (TPSA) is 29.5 Å². The fourth-order valence-electron chi connectivity index (χ4n) is 3.28. The number of hydrogen-bond acceptors (Lipinski definition) is 2. The third-order valence-corrected chi connectivity index (χ3v) is 4.43. The summed E-state index contributed by atoms with van der Waals surface area (Å²) in [4.78, 5) is 0. The van der Waals surface area contributed by atoms with E-state index >= 15 is 0 Å². The smallest absolute Gasteiger partial charge is 0.123 e. The van der Waals surface area contributed by atoms with Crippen molar-refractivity contribution in [2.24, 2.45) is 5.92 Å². The van der Waals surface area contributed by atoms with Gasteiger partial charge in [0.1, 0.15) is 11.9 Å². The third kappa shape index (κ3) is 2.82. The molecule has 0 aliphatic heterocycles. The van der Waals surface area contributed by atoms with E-state index in [2.05, 4.69) is 6.92 Å². The molecule has 1 aromatic rings. The van der Waals surface area contributed by atoms with Gasteiger partial charge in [0.15, 0.2) is 0 Å². The fraction of sp³-hybridized carbons (Fsp3) is 0.625. The fourth-order valence-corrected chi connectivity index (χ4v) is 3.28. The normalized spacial score (nSPS) is 29.2. The Hall–Kier alpha value is -0.930. The molecule has 106 valence electrons. The summed E-state index contributed by atoms with van der Waals surface area (Å²) in [5.41, 5.74) is 0.982. The largest absolute Gasteiger partial charge is 0.385 e. The molecule has 1 aliphatic rings. The minimum atomic E-state index is -0.768. The molecule has 2 nitrogen and oxygen atoms in total. The van der Waals surface area contributed by atoms with E-state index in [9.17, 15) is 9.50 Å². The van der Waals surface area contributed by atoms with Crippen molar-refractivity contribution < 1.29 is 14.2 Å². The van der Waals surface area contributed by atoms with Crippen molar-refractivity contribution in [1.29, 1.82) is 0 Å². The Balaban J connectivity index is 2.34. The number of benzene rings is 1. The van der Waals surface area contributed by atoms with Crippen molar-refractivity contribution >= 4 is 0 Å². The molecule has 0 radical (unpaired) electrons. The van der Waals surface area contributed by atoms with Gasteiger partial charge in [-0.25, -0.2) is 4.39 Å². The van der Waals surface area contributed by atoms with E-state index in [0.29, 0.717) is 11.5 Å². The van der Waals surface area contributed by atoms with Gasteiger partial charge in [0.25, 0.3) is 0 Å². The molecule has 0 aromatic heterocycles. The lowest BCUT2D eigenvalue weighted by molar-refractivity contribution is -0.134. The van der Waals surface area contributed by atoms with Crippen LogP contribution in [0.4, 0.5) is 4.39 Å². The lowest BCUT2D eigenvalue weighted by Gasteiger charge is -2.42. The molecule has 1 fully saturated rings. The molecule has 0 spiro atoms. The minimum absolute atomic E-state index is 0.310. The molecule has 0 amide bonds. The van der Waals surface area contributed by atoms with E-state index in [0.717, 1.165) is 24.8 Å². The summed E-state index contributed by atoms with van der Waals surface area (Å²) < 4.78 is 19.1. The maximum Gasteiger partial charge on any atom is 0.123 e. The van der Waals surface area contributed by atoms with Crippen LogP contribution in [0.15, 0.2) is 18.2 Å². The van der Waals surface area contributed by atoms with Crippen molar-refractivity contribution in [1.82, 2.24) is 0 Å². The molecule has 19 heavy (non-hydrogen) atoms. The Bertz CT molecular complexity index is 446. The highest BCUT2D eigenvalue weighted by atomic mass is 19.1. The summed E-state index contributed by atoms with van der Waals surface area (Å²) in [7, 11) is 1.65. The number of rotatable bonds is 3. The molecular weight excluding hydrogens is 243 g/mol. The quantitative estimate of drug-likeness (QED) is 0.902. The third-order valence-electron chi connectivity index (χ3n) is 4.43. The molecule has 0 heterocycles. The van der Waals surface area contributed by atoms with Crippen molar-refractivity contribution in [3.8, 4) is 0 Å². The molecule has 2 rings (SSSR count). The SMILES string of the molecule is COC1(C(O)c2cc(F)ccc2C)CCCC(C)C1. The van der Waals surface area contributed by atoms with Crippen LogP contribution in [-0.4, -0.2) is 17.8 Å². The van der Waals surface area contributed by atoms with E-state index in [1.54, 1.807) is 13.2 Å². The van der Waals surface area contributed by atoms with E-state index in [-0.39, 0.29) is 5.82 Å². The average Bonchev–Trinajstić information content (AvgIpc) is 2.40. The molecule has 0 saturated heterocycles. The van der Waals surface area contributed by atoms with Crippen molar-refractivity contribution in [2.45, 2.75) is 51.2 Å². The van der Waals surface area contributed by atoms with Gasteiger partial charge in [-0.2, -0.15) is 0 Å². The predicted octanol–water partition coefficient (Wildman–Crippen LogP) is 3.76. The van der Waals surface area contributed by atoms with Crippen molar-refractivity contribution in [3.05, 3.63) is 35.1 Å². The summed E-state index contributed by atoms with van der Waals surface area (Å²) in [6.45, 7) is 4.08. The maximum absolute atomic E-state index is 13.4. The van der Waals surface area contributed by atoms with Crippen LogP contribution in [0, 0.1) is 18.7 Å². The zero-order chi connectivity index (χ0) is 14.0. The van der Waals surface area contributed by atoms with Crippen LogP contribution in [0.5, 0.6) is 0 Å². The zero-order valence-corrected chi connectivity index (χ0v) is 11.9. The first kappa shape index (κ1) is 14.5. The monoisotopic (exact) mass is 266 g/mol. The first-order valence-corrected chi connectivity index (χ1v) is 6.98. The molecule has 0 bridgehead atoms. The van der Waals surface area contributed by atoms with Gasteiger partial charge in [-0.3, -0.25) is 0 Å². The number of halogens is 1. The van der Waals surface area contributed by atoms with E-state index in [1.807, 2.05) is 6.92 Å². The van der Waals surface area contributed by atoms with Crippen LogP contribution < -0.4 is 0 Å². The van der Waals surface area contributed by atoms with E-state index in [4.69, 9.17) is 4.74 Å². The number of methoxy groups -OCH3 is 1. The second-order valence-electron chi connectivity index (χ2n) is 5.87. The highest BCUT2D eigenvalue weighted by molar-refractivity contribution is 5.30. The van der Waals surface area contributed by atoms with Crippen LogP contribution in [0.1, 0.15) is 49.8 Å². The van der Waals surface area contributed by atoms with Gasteiger partial charge in [0.05, 0.1) is 5.60 Å². The average molecular weight is 266 g/mol. The van der Waals surface area contributed by atoms with E-state index in [1.165, 1.54) is 18.6 Å². The summed E-state index contributed by atoms with van der Waals surface area (Å²) in [5.74, 6) is 0.215. The van der Waals surface area contributed by atoms with Crippen LogP contribution in [0.25, 0.3) is 0 Å². The Morgan fingerprint density at radius 3 is 2.84 bits per heavy atom. The molecule has 1 saturated carbocycles. The Kier molecular flexibility index (Phi) is 4.26. The molecule has 1 aromatic carbocycles. The highest BCUT2D eigenvalue weighted by Gasteiger charge is 2.42. The van der Waals surface area contributed by atoms with Crippen LogP contribution >= 0.6 is 0 Å². The highest BCUT2D eigenvalue weighted by Crippen LogP contribution is 2.43. The maximum atomic E-state index is 13.4. The van der Waals surface area contributed by atoms with Crippen LogP contribution in [0.2, 0.25) is 0 Å². The van der Waals surface area contributed by atoms with Crippen molar-refractivity contribution in [2.75, 3.05) is 7.11 Å². The molecule has 3 heteroatoms. The van der Waals surface area contributed by atoms with Crippen molar-refractivity contribution in [3.63, 3.8) is 0 Å². The van der Waals surface area contributed by atoms with Crippen LogP contribution in [-0.2, 0) is 4.74 Å². The molecule has 1 aliphatic carbocycles. The van der Waals surface area contributed by atoms with Gasteiger partial charge in [-0.15, -0.1) is 0 Å². The standard InChI is InChI=1S/C16H23FO2/c1-11-5-4-8-16(10-11,19-3)15(18)14-9-13(17)7-6-12(14)2/h6-7,9,11,15,18H,4-5,8,10H2,1-3H3. The summed E-state index contributed by atoms with van der Waals surface area (Å²) in [6, 6.07) is 4.57. The van der Waals surface area contributed by atoms with Gasteiger partial charge in [0.2, 0.25) is 0 Å². The minimum Gasteiger partial charge on any atom is -0.385 e. The second-order valence-corrected chi connectivity index (χ2v) is 5.87. The molecular formula is C16H23FO2. The van der Waals surface area contributed by atoms with Gasteiger partial charge < -0.3 is 9.84 Å². The van der Waals surface area contributed by atoms with Gasteiger partial charge in [-0.1, -0.05) is 25.8 Å². The first-order chi connectivity index (χ1) is 8.98. The number of aliphatic hydroxyl groups excluding tert-OH is 1. The zero-order valence-electron chi connectivity index (χ0n) is 11.9. The predicted molar refractivity (Wildman–Crippen MR) is 73.5 cm³/mol. The lowest BCUT2D eigenvalue weighted by atomic mass is 9.73. The first-order valence-electron chi connectivity index (χ1n) is 6.98. The number of ether oxygens (including phenoxy) is 1. The molecule has 3 atom stereocenters. The lowest BCUT2D eigenvalue weighted by Crippen LogP contribution is -2.43. The second kappa shape index (κ2) is 5.59. The summed E-state index contributed by atoms with van der Waals surface area (Å²) in [5, 5.41) is 10.7. The number of aliphatic hydroxyl groups is 1. The number of aryl methyl sites for hydroxylation is 1. The number of hydrogen-bond donors (Lipinski definition) is 1. The van der Waals surface area contributed by atoms with Gasteiger partial charge >= 0.3 is 0 Å². The van der Waals surface area contributed by atoms with Gasteiger partial charge in [-0.05, 0) is 48.9 Å². The van der Waals surface area contributed by atoms with Crippen LogP contribution in [0.3, 0.4) is 0 Å². The summed E-state index contributed by atoms with van der Waals surface area (Å²) in [6.07, 6.45) is 3.09. The Labute approximate surface area is 114 Å². The summed E-state index contributed by atoms with van der Waals surface area (Å²) >= 11 is 0. The molecule has 3 unspecified atom stereocenters. The van der Waals surface area contributed by atoms with Gasteiger partial charge in [0, 0.05) is 7.11 Å².